The number of rotatable bonds is 2. The summed E-state index contributed by atoms with van der Waals surface area (Å²) in [6.45, 7) is 0. The highest BCUT2D eigenvalue weighted by molar-refractivity contribution is 7.54. The zero-order valence-corrected chi connectivity index (χ0v) is 9.20. The van der Waals surface area contributed by atoms with Gasteiger partial charge in [0.1, 0.15) is 7.80 Å². The first-order chi connectivity index (χ1) is 6.88. The van der Waals surface area contributed by atoms with E-state index in [-0.39, 0.29) is 0 Å². The molecule has 1 nitrogen and oxygen atoms in total. The molecule has 2 aliphatic carbocycles. The SMILES string of the molecule is O=[PH](C1=CCCC=C1)C1=CCCC=C1. The fourth-order valence-corrected chi connectivity index (χ4v) is 3.26. The minimum absolute atomic E-state index is 1.04. The fourth-order valence-electron chi connectivity index (χ4n) is 1.73. The monoisotopic (exact) mass is 206 g/mol. The van der Waals surface area contributed by atoms with Crippen LogP contribution in [0.5, 0.6) is 0 Å². The van der Waals surface area contributed by atoms with Crippen LogP contribution in [0, 0.1) is 0 Å². The molecule has 0 amide bonds. The normalized spacial score (nSPS) is 20.9. The van der Waals surface area contributed by atoms with Crippen molar-refractivity contribution in [1.29, 1.82) is 0 Å². The maximum Gasteiger partial charge on any atom is 0.131 e. The highest BCUT2D eigenvalue weighted by Crippen LogP contribution is 2.44. The van der Waals surface area contributed by atoms with E-state index in [9.17, 15) is 4.57 Å². The molecule has 2 aliphatic rings. The summed E-state index contributed by atoms with van der Waals surface area (Å²) in [4.78, 5) is 0. The Balaban J connectivity index is 2.15. The Bertz CT molecular complexity index is 325. The van der Waals surface area contributed by atoms with Crippen molar-refractivity contribution in [3.05, 3.63) is 47.1 Å². The van der Waals surface area contributed by atoms with E-state index in [1.807, 2.05) is 12.2 Å². The lowest BCUT2D eigenvalue weighted by atomic mass is 10.2. The van der Waals surface area contributed by atoms with Crippen LogP contribution in [0.4, 0.5) is 0 Å². The third-order valence-corrected chi connectivity index (χ3v) is 4.30. The summed E-state index contributed by atoms with van der Waals surface area (Å²) in [7, 11) is -1.69. The van der Waals surface area contributed by atoms with Gasteiger partial charge in [-0.1, -0.05) is 36.5 Å². The number of allylic oxidation sites excluding steroid dienone is 8. The summed E-state index contributed by atoms with van der Waals surface area (Å²) in [6.07, 6.45) is 16.8. The summed E-state index contributed by atoms with van der Waals surface area (Å²) < 4.78 is 12.1. The van der Waals surface area contributed by atoms with Gasteiger partial charge in [0.2, 0.25) is 0 Å². The standard InChI is InChI=1S/C12H15OP/c13-14(11-7-3-1-4-8-11)12-9-5-2-6-10-12/h3,5,7-10,14H,1-2,4,6H2. The van der Waals surface area contributed by atoms with Gasteiger partial charge in [-0.05, 0) is 25.7 Å². The van der Waals surface area contributed by atoms with Gasteiger partial charge in [0, 0.05) is 10.6 Å². The van der Waals surface area contributed by atoms with E-state index in [1.165, 1.54) is 0 Å². The molecule has 0 N–H and O–H groups in total. The lowest BCUT2D eigenvalue weighted by Crippen LogP contribution is -1.84. The molecule has 0 saturated heterocycles. The summed E-state index contributed by atoms with van der Waals surface area (Å²) in [5, 5.41) is 2.08. The second-order valence-electron chi connectivity index (χ2n) is 3.61. The molecule has 0 aliphatic heterocycles. The lowest BCUT2D eigenvalue weighted by molar-refractivity contribution is 0.595. The first-order valence-corrected chi connectivity index (χ1v) is 6.57. The van der Waals surface area contributed by atoms with Gasteiger partial charge in [-0.3, -0.25) is 0 Å². The molecule has 2 heteroatoms. The molecule has 0 aromatic carbocycles. The van der Waals surface area contributed by atoms with E-state index < -0.39 is 7.80 Å². The molecule has 0 heterocycles. The minimum Gasteiger partial charge on any atom is -0.317 e. The van der Waals surface area contributed by atoms with Crippen LogP contribution < -0.4 is 0 Å². The van der Waals surface area contributed by atoms with Gasteiger partial charge in [-0.15, -0.1) is 0 Å². The quantitative estimate of drug-likeness (QED) is 0.624. The van der Waals surface area contributed by atoms with Crippen LogP contribution in [0.25, 0.3) is 0 Å². The van der Waals surface area contributed by atoms with E-state index in [1.54, 1.807) is 0 Å². The Morgan fingerprint density at radius 2 is 1.36 bits per heavy atom. The van der Waals surface area contributed by atoms with Crippen molar-refractivity contribution in [2.75, 3.05) is 0 Å². The minimum atomic E-state index is -1.69. The van der Waals surface area contributed by atoms with Crippen molar-refractivity contribution in [3.8, 4) is 0 Å². The van der Waals surface area contributed by atoms with Crippen LogP contribution in [-0.4, -0.2) is 0 Å². The molecular formula is C12H15OP. The largest absolute Gasteiger partial charge is 0.317 e. The molecule has 0 aromatic rings. The summed E-state index contributed by atoms with van der Waals surface area (Å²) >= 11 is 0. The smallest absolute Gasteiger partial charge is 0.131 e. The molecule has 14 heavy (non-hydrogen) atoms. The molecule has 2 rings (SSSR count). The van der Waals surface area contributed by atoms with Gasteiger partial charge >= 0.3 is 0 Å². The average Bonchev–Trinajstić information content (AvgIpc) is 2.30. The zero-order valence-electron chi connectivity index (χ0n) is 8.20. The van der Waals surface area contributed by atoms with Gasteiger partial charge < -0.3 is 4.57 Å². The maximum atomic E-state index is 12.1. The Hall–Kier alpha value is -0.810. The summed E-state index contributed by atoms with van der Waals surface area (Å²) in [5.74, 6) is 0. The van der Waals surface area contributed by atoms with Crippen molar-refractivity contribution >= 4 is 7.80 Å². The molecule has 0 unspecified atom stereocenters. The number of hydrogen-bond donors (Lipinski definition) is 0. The molecule has 0 spiro atoms. The Morgan fingerprint density at radius 1 is 0.857 bits per heavy atom. The van der Waals surface area contributed by atoms with Crippen LogP contribution in [0.1, 0.15) is 25.7 Å². The fraction of sp³-hybridized carbons (Fsp3) is 0.333. The second-order valence-corrected chi connectivity index (χ2v) is 5.42. The van der Waals surface area contributed by atoms with E-state index in [0.29, 0.717) is 0 Å². The van der Waals surface area contributed by atoms with Crippen molar-refractivity contribution in [3.63, 3.8) is 0 Å². The molecule has 0 fully saturated rings. The third-order valence-electron chi connectivity index (χ3n) is 2.51. The number of hydrogen-bond acceptors (Lipinski definition) is 1. The molecule has 74 valence electrons. The molecule has 0 aromatic heterocycles. The van der Waals surface area contributed by atoms with E-state index in [0.717, 1.165) is 36.3 Å². The predicted molar refractivity (Wildman–Crippen MR) is 61.9 cm³/mol. The van der Waals surface area contributed by atoms with Crippen LogP contribution in [0.2, 0.25) is 0 Å². The predicted octanol–water partition coefficient (Wildman–Crippen LogP) is 4.01. The molecular weight excluding hydrogens is 191 g/mol. The Labute approximate surface area is 85.7 Å². The van der Waals surface area contributed by atoms with Crippen molar-refractivity contribution in [1.82, 2.24) is 0 Å². The molecule has 0 bridgehead atoms. The first kappa shape index (κ1) is 9.73. The van der Waals surface area contributed by atoms with E-state index >= 15 is 0 Å². The van der Waals surface area contributed by atoms with E-state index in [2.05, 4.69) is 24.3 Å². The second kappa shape index (κ2) is 4.61. The van der Waals surface area contributed by atoms with Crippen LogP contribution >= 0.6 is 7.80 Å². The van der Waals surface area contributed by atoms with Gasteiger partial charge in [-0.2, -0.15) is 0 Å². The topological polar surface area (TPSA) is 17.1 Å². The summed E-state index contributed by atoms with van der Waals surface area (Å²) in [6, 6.07) is 0. The van der Waals surface area contributed by atoms with Crippen LogP contribution in [0.3, 0.4) is 0 Å². The first-order valence-electron chi connectivity index (χ1n) is 5.16. The van der Waals surface area contributed by atoms with Crippen LogP contribution in [-0.2, 0) is 4.57 Å². The maximum absolute atomic E-state index is 12.1. The zero-order chi connectivity index (χ0) is 9.80. The molecule has 0 radical (unpaired) electrons. The molecule has 0 saturated carbocycles. The third kappa shape index (κ3) is 2.16. The van der Waals surface area contributed by atoms with Crippen LogP contribution in [0.15, 0.2) is 47.1 Å². The van der Waals surface area contributed by atoms with Crippen molar-refractivity contribution < 1.29 is 4.57 Å². The Kier molecular flexibility index (Phi) is 3.21. The van der Waals surface area contributed by atoms with Gasteiger partial charge in [0.15, 0.2) is 0 Å². The van der Waals surface area contributed by atoms with Gasteiger partial charge in [0.25, 0.3) is 0 Å². The highest BCUT2D eigenvalue weighted by atomic mass is 31.1. The molecule has 0 atom stereocenters. The lowest BCUT2D eigenvalue weighted by Gasteiger charge is -2.10. The summed E-state index contributed by atoms with van der Waals surface area (Å²) in [5.41, 5.74) is 0. The van der Waals surface area contributed by atoms with E-state index in [4.69, 9.17) is 0 Å². The van der Waals surface area contributed by atoms with Crippen molar-refractivity contribution in [2.45, 2.75) is 25.7 Å². The Morgan fingerprint density at radius 3 is 1.71 bits per heavy atom. The van der Waals surface area contributed by atoms with Crippen molar-refractivity contribution in [2.24, 2.45) is 0 Å². The van der Waals surface area contributed by atoms with Gasteiger partial charge in [-0.25, -0.2) is 0 Å². The highest BCUT2D eigenvalue weighted by Gasteiger charge is 2.10. The van der Waals surface area contributed by atoms with Gasteiger partial charge in [0.05, 0.1) is 0 Å². The average molecular weight is 206 g/mol.